The van der Waals surface area contributed by atoms with E-state index in [2.05, 4.69) is 20.8 Å². The minimum atomic E-state index is -0.328. The lowest BCUT2D eigenvalue weighted by atomic mass is 10.1. The van der Waals surface area contributed by atoms with Crippen LogP contribution in [-0.2, 0) is 0 Å². The first-order valence-corrected chi connectivity index (χ1v) is 6.49. The zero-order valence-corrected chi connectivity index (χ0v) is 11.7. The van der Waals surface area contributed by atoms with Crippen LogP contribution in [0.5, 0.6) is 0 Å². The van der Waals surface area contributed by atoms with Gasteiger partial charge in [0.2, 0.25) is 0 Å². The van der Waals surface area contributed by atoms with Gasteiger partial charge in [-0.1, -0.05) is 23.4 Å². The standard InChI is InChI=1S/C15H14N4O2/c1-9-7-14(19-21-9)18-15(20)13-8-12(16-2)10-5-3-4-6-11(10)17-13/h3-8H,1-2H3,(H,16,17)(H,18,19,20). The Balaban J connectivity index is 1.98. The van der Waals surface area contributed by atoms with Gasteiger partial charge < -0.3 is 15.2 Å². The summed E-state index contributed by atoms with van der Waals surface area (Å²) in [5, 5.41) is 10.4. The Morgan fingerprint density at radius 2 is 2.05 bits per heavy atom. The van der Waals surface area contributed by atoms with Gasteiger partial charge in [0.05, 0.1) is 5.52 Å². The van der Waals surface area contributed by atoms with Crippen molar-refractivity contribution in [2.75, 3.05) is 17.7 Å². The molecule has 0 aliphatic heterocycles. The van der Waals surface area contributed by atoms with Crippen molar-refractivity contribution in [3.8, 4) is 0 Å². The van der Waals surface area contributed by atoms with E-state index in [1.807, 2.05) is 31.3 Å². The number of pyridine rings is 1. The quantitative estimate of drug-likeness (QED) is 0.772. The molecule has 0 spiro atoms. The number of anilines is 2. The van der Waals surface area contributed by atoms with Gasteiger partial charge in [0.1, 0.15) is 11.5 Å². The Morgan fingerprint density at radius 3 is 2.76 bits per heavy atom. The topological polar surface area (TPSA) is 80.0 Å². The number of aromatic nitrogens is 2. The fraction of sp³-hybridized carbons (Fsp3) is 0.133. The third kappa shape index (κ3) is 2.55. The van der Waals surface area contributed by atoms with Crippen molar-refractivity contribution >= 4 is 28.3 Å². The summed E-state index contributed by atoms with van der Waals surface area (Å²) in [5.41, 5.74) is 1.92. The summed E-state index contributed by atoms with van der Waals surface area (Å²) < 4.78 is 4.92. The lowest BCUT2D eigenvalue weighted by Gasteiger charge is -2.08. The molecule has 0 saturated heterocycles. The zero-order chi connectivity index (χ0) is 14.8. The van der Waals surface area contributed by atoms with Crippen molar-refractivity contribution in [3.63, 3.8) is 0 Å². The molecule has 0 unspecified atom stereocenters. The molecule has 0 fully saturated rings. The van der Waals surface area contributed by atoms with Gasteiger partial charge in [-0.2, -0.15) is 0 Å². The predicted octanol–water partition coefficient (Wildman–Crippen LogP) is 2.83. The van der Waals surface area contributed by atoms with Crippen molar-refractivity contribution in [2.24, 2.45) is 0 Å². The van der Waals surface area contributed by atoms with E-state index in [0.717, 1.165) is 16.6 Å². The number of aryl methyl sites for hydroxylation is 1. The highest BCUT2D eigenvalue weighted by Gasteiger charge is 2.13. The van der Waals surface area contributed by atoms with Gasteiger partial charge in [0.15, 0.2) is 5.82 Å². The van der Waals surface area contributed by atoms with Crippen LogP contribution in [0.1, 0.15) is 16.2 Å². The number of hydrogen-bond donors (Lipinski definition) is 2. The molecule has 2 heterocycles. The second kappa shape index (κ2) is 5.24. The highest BCUT2D eigenvalue weighted by molar-refractivity contribution is 6.05. The van der Waals surface area contributed by atoms with E-state index in [0.29, 0.717) is 17.3 Å². The number of hydrogen-bond acceptors (Lipinski definition) is 5. The second-order valence-electron chi connectivity index (χ2n) is 4.60. The summed E-state index contributed by atoms with van der Waals surface area (Å²) in [6, 6.07) is 11.0. The first-order chi connectivity index (χ1) is 10.2. The van der Waals surface area contributed by atoms with Crippen molar-refractivity contribution in [2.45, 2.75) is 6.92 Å². The maximum Gasteiger partial charge on any atom is 0.275 e. The molecule has 2 aromatic heterocycles. The molecule has 6 heteroatoms. The van der Waals surface area contributed by atoms with E-state index in [1.54, 1.807) is 19.1 Å². The molecule has 106 valence electrons. The van der Waals surface area contributed by atoms with E-state index in [1.165, 1.54) is 0 Å². The van der Waals surface area contributed by atoms with Crippen LogP contribution in [0.3, 0.4) is 0 Å². The second-order valence-corrected chi connectivity index (χ2v) is 4.60. The van der Waals surface area contributed by atoms with Gasteiger partial charge >= 0.3 is 0 Å². The molecule has 0 radical (unpaired) electrons. The Labute approximate surface area is 121 Å². The number of fused-ring (bicyclic) bond motifs is 1. The van der Waals surface area contributed by atoms with Gasteiger partial charge in [-0.3, -0.25) is 4.79 Å². The summed E-state index contributed by atoms with van der Waals surface area (Å²) in [6.07, 6.45) is 0. The van der Waals surface area contributed by atoms with Crippen LogP contribution >= 0.6 is 0 Å². The van der Waals surface area contributed by atoms with E-state index >= 15 is 0 Å². The fourth-order valence-electron chi connectivity index (χ4n) is 2.10. The average molecular weight is 282 g/mol. The Hall–Kier alpha value is -2.89. The number of amides is 1. The van der Waals surface area contributed by atoms with Gasteiger partial charge in [-0.25, -0.2) is 4.98 Å². The predicted molar refractivity (Wildman–Crippen MR) is 80.5 cm³/mol. The summed E-state index contributed by atoms with van der Waals surface area (Å²) in [7, 11) is 1.81. The van der Waals surface area contributed by atoms with E-state index in [4.69, 9.17) is 4.52 Å². The van der Waals surface area contributed by atoms with E-state index in [9.17, 15) is 4.79 Å². The van der Waals surface area contributed by atoms with Gasteiger partial charge in [-0.15, -0.1) is 0 Å². The molecule has 0 aliphatic carbocycles. The fourth-order valence-corrected chi connectivity index (χ4v) is 2.10. The van der Waals surface area contributed by atoms with Crippen LogP contribution in [0.2, 0.25) is 0 Å². The maximum atomic E-state index is 12.3. The van der Waals surface area contributed by atoms with Gasteiger partial charge in [0, 0.05) is 24.2 Å². The molecule has 0 aliphatic rings. The molecule has 21 heavy (non-hydrogen) atoms. The smallest absolute Gasteiger partial charge is 0.275 e. The lowest BCUT2D eigenvalue weighted by Crippen LogP contribution is -2.14. The van der Waals surface area contributed by atoms with Crippen LogP contribution in [0.15, 0.2) is 40.9 Å². The lowest BCUT2D eigenvalue weighted by molar-refractivity contribution is 0.102. The molecule has 0 bridgehead atoms. The molecule has 0 saturated carbocycles. The molecule has 6 nitrogen and oxygen atoms in total. The number of nitrogens with zero attached hydrogens (tertiary/aromatic N) is 2. The van der Waals surface area contributed by atoms with Crippen LogP contribution in [0.25, 0.3) is 10.9 Å². The van der Waals surface area contributed by atoms with Crippen LogP contribution < -0.4 is 10.6 Å². The highest BCUT2D eigenvalue weighted by Crippen LogP contribution is 2.23. The first kappa shape index (κ1) is 13.1. The third-order valence-corrected chi connectivity index (χ3v) is 3.09. The number of rotatable bonds is 3. The molecule has 3 rings (SSSR count). The van der Waals surface area contributed by atoms with Crippen molar-refractivity contribution in [1.29, 1.82) is 0 Å². The normalized spacial score (nSPS) is 10.6. The molecular formula is C15H14N4O2. The van der Waals surface area contributed by atoms with Crippen LogP contribution in [0.4, 0.5) is 11.5 Å². The Morgan fingerprint density at radius 1 is 1.24 bits per heavy atom. The van der Waals surface area contributed by atoms with Crippen LogP contribution in [0, 0.1) is 6.92 Å². The Bertz CT molecular complexity index is 810. The van der Waals surface area contributed by atoms with Crippen molar-refractivity contribution in [1.82, 2.24) is 10.1 Å². The Kier molecular flexibility index (Phi) is 3.27. The minimum Gasteiger partial charge on any atom is -0.388 e. The van der Waals surface area contributed by atoms with Crippen LogP contribution in [-0.4, -0.2) is 23.1 Å². The summed E-state index contributed by atoms with van der Waals surface area (Å²) in [4.78, 5) is 16.6. The summed E-state index contributed by atoms with van der Waals surface area (Å²) >= 11 is 0. The third-order valence-electron chi connectivity index (χ3n) is 3.09. The van der Waals surface area contributed by atoms with E-state index < -0.39 is 0 Å². The van der Waals surface area contributed by atoms with Crippen molar-refractivity contribution < 1.29 is 9.32 Å². The van der Waals surface area contributed by atoms with Gasteiger partial charge in [0.25, 0.3) is 5.91 Å². The molecule has 2 N–H and O–H groups in total. The number of nitrogens with one attached hydrogen (secondary N) is 2. The molecule has 0 atom stereocenters. The number of benzene rings is 1. The average Bonchev–Trinajstić information content (AvgIpc) is 2.91. The number of carbonyl (C=O) groups excluding carboxylic acids is 1. The summed E-state index contributed by atoms with van der Waals surface area (Å²) in [5.74, 6) is 0.678. The summed E-state index contributed by atoms with van der Waals surface area (Å²) in [6.45, 7) is 1.76. The van der Waals surface area contributed by atoms with E-state index in [-0.39, 0.29) is 5.91 Å². The van der Waals surface area contributed by atoms with Crippen molar-refractivity contribution in [3.05, 3.63) is 47.9 Å². The molecule has 1 aromatic carbocycles. The number of para-hydroxylation sites is 1. The maximum absolute atomic E-state index is 12.3. The molecular weight excluding hydrogens is 268 g/mol. The largest absolute Gasteiger partial charge is 0.388 e. The SMILES string of the molecule is CNc1cc(C(=O)Nc2cc(C)on2)nc2ccccc12. The first-order valence-electron chi connectivity index (χ1n) is 6.49. The highest BCUT2D eigenvalue weighted by atomic mass is 16.5. The monoisotopic (exact) mass is 282 g/mol. The zero-order valence-electron chi connectivity index (χ0n) is 11.7. The molecule has 1 amide bonds. The molecule has 3 aromatic rings. The number of carbonyl (C=O) groups is 1. The van der Waals surface area contributed by atoms with Gasteiger partial charge in [-0.05, 0) is 19.1 Å². The minimum absolute atomic E-state index is 0.318.